The number of methoxy groups -OCH3 is 1. The minimum Gasteiger partial charge on any atom is -0.465 e. The SMILES string of the molecule is CC.CC.COC(=O)c1cccc(N=C=O)c1. The number of hydrogen-bond donors (Lipinski definition) is 0. The normalized spacial score (nSPS) is 7.35. The van der Waals surface area contributed by atoms with Gasteiger partial charge in [0.2, 0.25) is 6.08 Å². The van der Waals surface area contributed by atoms with Crippen LogP contribution >= 0.6 is 0 Å². The summed E-state index contributed by atoms with van der Waals surface area (Å²) in [5.41, 5.74) is 0.747. The van der Waals surface area contributed by atoms with Gasteiger partial charge in [0, 0.05) is 0 Å². The van der Waals surface area contributed by atoms with Crippen molar-refractivity contribution in [2.45, 2.75) is 27.7 Å². The Bertz CT molecular complexity index is 369. The summed E-state index contributed by atoms with van der Waals surface area (Å²) in [6.07, 6.45) is 1.39. The minimum absolute atomic E-state index is 0.360. The Balaban J connectivity index is 0. The standard InChI is InChI=1S/C9H7NO3.2C2H6/c1-13-9(12)7-3-2-4-8(5-7)10-6-11;2*1-2/h2-5H,1H3;2*1-2H3. The van der Waals surface area contributed by atoms with Crippen LogP contribution in [-0.2, 0) is 9.53 Å². The van der Waals surface area contributed by atoms with Crippen LogP contribution in [0.4, 0.5) is 5.69 Å². The third-order valence-corrected chi connectivity index (χ3v) is 1.44. The van der Waals surface area contributed by atoms with Crippen LogP contribution in [0.5, 0.6) is 0 Å². The molecule has 0 fully saturated rings. The Morgan fingerprint density at radius 3 is 2.29 bits per heavy atom. The van der Waals surface area contributed by atoms with Crippen molar-refractivity contribution in [1.29, 1.82) is 0 Å². The molecule has 4 heteroatoms. The molecule has 0 bridgehead atoms. The second-order valence-corrected chi connectivity index (χ2v) is 2.25. The summed E-state index contributed by atoms with van der Waals surface area (Å²) in [5, 5.41) is 0. The number of rotatable bonds is 2. The van der Waals surface area contributed by atoms with Crippen molar-refractivity contribution in [1.82, 2.24) is 0 Å². The maximum absolute atomic E-state index is 11.0. The average molecular weight is 237 g/mol. The van der Waals surface area contributed by atoms with E-state index in [1.165, 1.54) is 19.3 Å². The summed E-state index contributed by atoms with van der Waals surface area (Å²) in [5.74, 6) is -0.456. The smallest absolute Gasteiger partial charge is 0.337 e. The molecule has 0 unspecified atom stereocenters. The van der Waals surface area contributed by atoms with Crippen molar-refractivity contribution in [3.63, 3.8) is 0 Å². The van der Waals surface area contributed by atoms with Crippen molar-refractivity contribution in [3.05, 3.63) is 29.8 Å². The summed E-state index contributed by atoms with van der Waals surface area (Å²) in [6, 6.07) is 6.24. The Morgan fingerprint density at radius 1 is 1.24 bits per heavy atom. The highest BCUT2D eigenvalue weighted by Gasteiger charge is 2.04. The van der Waals surface area contributed by atoms with Crippen molar-refractivity contribution in [3.8, 4) is 0 Å². The first kappa shape index (κ1) is 17.5. The molecule has 0 spiro atoms. The fraction of sp³-hybridized carbons (Fsp3) is 0.385. The third-order valence-electron chi connectivity index (χ3n) is 1.44. The summed E-state index contributed by atoms with van der Waals surface area (Å²) in [4.78, 5) is 24.3. The van der Waals surface area contributed by atoms with Gasteiger partial charge >= 0.3 is 5.97 Å². The van der Waals surface area contributed by atoms with Crippen LogP contribution in [0.2, 0.25) is 0 Å². The lowest BCUT2D eigenvalue weighted by Crippen LogP contribution is -1.99. The van der Waals surface area contributed by atoms with Crippen LogP contribution in [0.15, 0.2) is 29.3 Å². The molecule has 0 heterocycles. The van der Waals surface area contributed by atoms with E-state index in [1.54, 1.807) is 18.2 Å². The van der Waals surface area contributed by atoms with E-state index >= 15 is 0 Å². The van der Waals surface area contributed by atoms with Crippen LogP contribution in [0.1, 0.15) is 38.1 Å². The molecule has 0 N–H and O–H groups in total. The van der Waals surface area contributed by atoms with Crippen LogP contribution in [0, 0.1) is 0 Å². The summed E-state index contributed by atoms with van der Waals surface area (Å²) in [6.45, 7) is 8.00. The Labute approximate surface area is 102 Å². The van der Waals surface area contributed by atoms with E-state index in [-0.39, 0.29) is 0 Å². The Morgan fingerprint density at radius 2 is 1.82 bits per heavy atom. The third kappa shape index (κ3) is 7.03. The van der Waals surface area contributed by atoms with Gasteiger partial charge in [0.05, 0.1) is 18.4 Å². The van der Waals surface area contributed by atoms with Crippen LogP contribution in [0.25, 0.3) is 0 Å². The second kappa shape index (κ2) is 12.1. The van der Waals surface area contributed by atoms with Gasteiger partial charge in [0.15, 0.2) is 0 Å². The molecule has 0 amide bonds. The molecule has 17 heavy (non-hydrogen) atoms. The molecule has 0 saturated carbocycles. The molecule has 4 nitrogen and oxygen atoms in total. The predicted molar refractivity (Wildman–Crippen MR) is 68.3 cm³/mol. The van der Waals surface area contributed by atoms with Crippen LogP contribution < -0.4 is 0 Å². The zero-order chi connectivity index (χ0) is 13.7. The van der Waals surface area contributed by atoms with Gasteiger partial charge in [-0.3, -0.25) is 0 Å². The number of ether oxygens (including phenoxy) is 1. The van der Waals surface area contributed by atoms with E-state index in [0.29, 0.717) is 11.3 Å². The lowest BCUT2D eigenvalue weighted by Gasteiger charge is -1.98. The van der Waals surface area contributed by atoms with Gasteiger partial charge in [0.1, 0.15) is 0 Å². The topological polar surface area (TPSA) is 55.7 Å². The van der Waals surface area contributed by atoms with Gasteiger partial charge in [-0.05, 0) is 18.2 Å². The van der Waals surface area contributed by atoms with Gasteiger partial charge in [-0.2, -0.15) is 4.99 Å². The maximum Gasteiger partial charge on any atom is 0.337 e. The lowest BCUT2D eigenvalue weighted by atomic mass is 10.2. The van der Waals surface area contributed by atoms with Gasteiger partial charge in [-0.15, -0.1) is 0 Å². The number of esters is 1. The van der Waals surface area contributed by atoms with Crippen molar-refractivity contribution < 1.29 is 14.3 Å². The van der Waals surface area contributed by atoms with Gasteiger partial charge in [-0.25, -0.2) is 9.59 Å². The fourth-order valence-corrected chi connectivity index (χ4v) is 0.873. The second-order valence-electron chi connectivity index (χ2n) is 2.25. The lowest BCUT2D eigenvalue weighted by molar-refractivity contribution is 0.0601. The largest absolute Gasteiger partial charge is 0.465 e. The predicted octanol–water partition coefficient (Wildman–Crippen LogP) is 3.49. The number of benzene rings is 1. The number of hydrogen-bond acceptors (Lipinski definition) is 4. The minimum atomic E-state index is -0.456. The van der Waals surface area contributed by atoms with Crippen molar-refractivity contribution in [2.75, 3.05) is 7.11 Å². The van der Waals surface area contributed by atoms with Gasteiger partial charge in [-0.1, -0.05) is 33.8 Å². The summed E-state index contributed by atoms with van der Waals surface area (Å²) >= 11 is 0. The molecule has 0 aliphatic rings. The molecule has 0 aliphatic heterocycles. The molecular formula is C13H19NO3. The molecule has 0 radical (unpaired) electrons. The number of carbonyl (C=O) groups is 1. The highest BCUT2D eigenvalue weighted by Crippen LogP contribution is 2.13. The molecule has 94 valence electrons. The zero-order valence-electron chi connectivity index (χ0n) is 11.0. The molecule has 0 atom stereocenters. The maximum atomic E-state index is 11.0. The van der Waals surface area contributed by atoms with E-state index in [4.69, 9.17) is 0 Å². The van der Waals surface area contributed by atoms with Crippen molar-refractivity contribution >= 4 is 17.7 Å². The number of isocyanates is 1. The summed E-state index contributed by atoms with van der Waals surface area (Å²) < 4.78 is 4.49. The van der Waals surface area contributed by atoms with E-state index < -0.39 is 5.97 Å². The monoisotopic (exact) mass is 237 g/mol. The Hall–Kier alpha value is -1.93. The van der Waals surface area contributed by atoms with Crippen LogP contribution in [0.3, 0.4) is 0 Å². The first-order valence-corrected chi connectivity index (χ1v) is 5.54. The van der Waals surface area contributed by atoms with Crippen LogP contribution in [-0.4, -0.2) is 19.2 Å². The van der Waals surface area contributed by atoms with E-state index in [9.17, 15) is 9.59 Å². The summed E-state index contributed by atoms with van der Waals surface area (Å²) in [7, 11) is 1.29. The van der Waals surface area contributed by atoms with E-state index in [1.807, 2.05) is 27.7 Å². The number of aliphatic imine (C=N–C) groups is 1. The molecule has 1 aromatic carbocycles. The van der Waals surface area contributed by atoms with Gasteiger partial charge < -0.3 is 4.74 Å². The number of nitrogens with zero attached hydrogens (tertiary/aromatic N) is 1. The van der Waals surface area contributed by atoms with Crippen molar-refractivity contribution in [2.24, 2.45) is 4.99 Å². The van der Waals surface area contributed by atoms with E-state index in [2.05, 4.69) is 9.73 Å². The Kier molecular flexibility index (Phi) is 12.5. The molecule has 0 aromatic heterocycles. The quantitative estimate of drug-likeness (QED) is 0.449. The molecule has 0 saturated heterocycles. The molecule has 1 rings (SSSR count). The highest BCUT2D eigenvalue weighted by atomic mass is 16.5. The highest BCUT2D eigenvalue weighted by molar-refractivity contribution is 5.90. The van der Waals surface area contributed by atoms with E-state index in [0.717, 1.165) is 0 Å². The molecule has 0 aliphatic carbocycles. The zero-order valence-corrected chi connectivity index (χ0v) is 11.0. The first-order chi connectivity index (χ1) is 8.27. The molecular weight excluding hydrogens is 218 g/mol. The fourth-order valence-electron chi connectivity index (χ4n) is 0.873. The van der Waals surface area contributed by atoms with Gasteiger partial charge in [0.25, 0.3) is 0 Å². The molecule has 1 aromatic rings. The first-order valence-electron chi connectivity index (χ1n) is 5.54. The average Bonchev–Trinajstić information content (AvgIpc) is 2.43. The number of carbonyl (C=O) groups excluding carboxylic acids is 2.